The monoisotopic (exact) mass is 244 g/mol. The van der Waals surface area contributed by atoms with Crippen molar-refractivity contribution < 1.29 is 9.84 Å². The van der Waals surface area contributed by atoms with Crippen LogP contribution in [0.15, 0.2) is 48.8 Å². The normalized spacial score (nSPS) is 12.1. The van der Waals surface area contributed by atoms with Crippen molar-refractivity contribution >= 4 is 0 Å². The van der Waals surface area contributed by atoms with E-state index >= 15 is 0 Å². The van der Waals surface area contributed by atoms with Gasteiger partial charge >= 0.3 is 0 Å². The summed E-state index contributed by atoms with van der Waals surface area (Å²) in [6.45, 7) is 0.926. The van der Waals surface area contributed by atoms with Crippen molar-refractivity contribution in [1.29, 1.82) is 0 Å². The number of aromatic hydroxyl groups is 1. The van der Waals surface area contributed by atoms with Gasteiger partial charge in [0.25, 0.3) is 0 Å². The van der Waals surface area contributed by atoms with Crippen LogP contribution in [-0.4, -0.2) is 23.2 Å². The summed E-state index contributed by atoms with van der Waals surface area (Å²) in [5.74, 6) is 1.01. The highest BCUT2D eigenvalue weighted by atomic mass is 16.5. The van der Waals surface area contributed by atoms with E-state index in [1.807, 2.05) is 18.2 Å². The van der Waals surface area contributed by atoms with Crippen LogP contribution in [0.25, 0.3) is 0 Å². The molecule has 0 aliphatic heterocycles. The number of hydrogen-bond acceptors (Lipinski definition) is 4. The number of nitrogens with two attached hydrogens (primary N) is 1. The second kappa shape index (κ2) is 6.02. The van der Waals surface area contributed by atoms with Crippen LogP contribution in [0.3, 0.4) is 0 Å². The van der Waals surface area contributed by atoms with Gasteiger partial charge in [-0.2, -0.15) is 0 Å². The third kappa shape index (κ3) is 3.21. The van der Waals surface area contributed by atoms with Crippen molar-refractivity contribution in [2.24, 2.45) is 5.73 Å². The first kappa shape index (κ1) is 12.4. The van der Waals surface area contributed by atoms with Crippen molar-refractivity contribution in [3.05, 3.63) is 54.4 Å². The molecular weight excluding hydrogens is 228 g/mol. The number of ether oxygens (including phenoxy) is 1. The summed E-state index contributed by atoms with van der Waals surface area (Å²) < 4.78 is 5.63. The molecule has 3 N–H and O–H groups in total. The zero-order chi connectivity index (χ0) is 12.8. The molecule has 4 nitrogen and oxygen atoms in total. The lowest BCUT2D eigenvalue weighted by atomic mass is 10.00. The lowest BCUT2D eigenvalue weighted by Gasteiger charge is -2.16. The minimum atomic E-state index is 0.0531. The van der Waals surface area contributed by atoms with E-state index in [9.17, 15) is 5.11 Å². The highest BCUT2D eigenvalue weighted by Gasteiger charge is 2.11. The van der Waals surface area contributed by atoms with Gasteiger partial charge in [0.05, 0.1) is 12.8 Å². The fraction of sp³-hybridized carbons (Fsp3) is 0.214. The quantitative estimate of drug-likeness (QED) is 0.843. The number of pyridine rings is 1. The zero-order valence-electron chi connectivity index (χ0n) is 9.99. The van der Waals surface area contributed by atoms with Gasteiger partial charge in [0.15, 0.2) is 0 Å². The van der Waals surface area contributed by atoms with Crippen molar-refractivity contribution in [2.45, 2.75) is 5.92 Å². The first-order valence-electron chi connectivity index (χ1n) is 5.81. The highest BCUT2D eigenvalue weighted by molar-refractivity contribution is 5.30. The van der Waals surface area contributed by atoms with Crippen LogP contribution in [0.2, 0.25) is 0 Å². The summed E-state index contributed by atoms with van der Waals surface area (Å²) in [7, 11) is 0. The molecule has 0 amide bonds. The predicted octanol–water partition coefficient (Wildman–Crippen LogP) is 1.91. The maximum atomic E-state index is 9.45. The summed E-state index contributed by atoms with van der Waals surface area (Å²) in [4.78, 5) is 3.98. The molecule has 18 heavy (non-hydrogen) atoms. The maximum absolute atomic E-state index is 9.45. The molecule has 0 aliphatic rings. The van der Waals surface area contributed by atoms with Gasteiger partial charge in [-0.3, -0.25) is 4.98 Å². The second-order valence-electron chi connectivity index (χ2n) is 4.03. The molecule has 0 spiro atoms. The van der Waals surface area contributed by atoms with Gasteiger partial charge in [0.1, 0.15) is 11.5 Å². The Morgan fingerprint density at radius 2 is 2.17 bits per heavy atom. The molecule has 0 fully saturated rings. The van der Waals surface area contributed by atoms with Gasteiger partial charge in [0, 0.05) is 18.7 Å². The van der Waals surface area contributed by atoms with Gasteiger partial charge in [-0.05, 0) is 29.8 Å². The fourth-order valence-electron chi connectivity index (χ4n) is 1.71. The van der Waals surface area contributed by atoms with Crippen molar-refractivity contribution in [3.63, 3.8) is 0 Å². The number of rotatable bonds is 5. The van der Waals surface area contributed by atoms with Crippen molar-refractivity contribution in [2.75, 3.05) is 13.2 Å². The van der Waals surface area contributed by atoms with Crippen LogP contribution in [0.5, 0.6) is 11.5 Å². The van der Waals surface area contributed by atoms with E-state index in [0.717, 1.165) is 11.3 Å². The number of phenols is 1. The summed E-state index contributed by atoms with van der Waals surface area (Å²) in [5.41, 5.74) is 6.72. The van der Waals surface area contributed by atoms with Gasteiger partial charge in [-0.15, -0.1) is 0 Å². The van der Waals surface area contributed by atoms with E-state index in [1.54, 1.807) is 30.6 Å². The molecule has 0 bridgehead atoms. The Bertz CT molecular complexity index is 488. The molecule has 1 aromatic carbocycles. The number of hydrogen-bond donors (Lipinski definition) is 2. The Morgan fingerprint density at radius 3 is 2.83 bits per heavy atom. The molecular formula is C14H16N2O2. The van der Waals surface area contributed by atoms with Crippen LogP contribution in [0, 0.1) is 0 Å². The van der Waals surface area contributed by atoms with E-state index in [2.05, 4.69) is 4.98 Å². The molecule has 1 unspecified atom stereocenters. The fourth-order valence-corrected chi connectivity index (χ4v) is 1.71. The highest BCUT2D eigenvalue weighted by Crippen LogP contribution is 2.20. The average Bonchev–Trinajstić information content (AvgIpc) is 2.41. The van der Waals surface area contributed by atoms with Gasteiger partial charge in [0.2, 0.25) is 0 Å². The van der Waals surface area contributed by atoms with Crippen LogP contribution >= 0.6 is 0 Å². The topological polar surface area (TPSA) is 68.4 Å². The Labute approximate surface area is 106 Å². The number of aromatic nitrogens is 1. The number of phenolic OH excluding ortho intramolecular Hbond substituents is 1. The van der Waals surface area contributed by atoms with Crippen molar-refractivity contribution in [3.8, 4) is 11.5 Å². The van der Waals surface area contributed by atoms with E-state index in [4.69, 9.17) is 10.5 Å². The van der Waals surface area contributed by atoms with Crippen LogP contribution in [0.4, 0.5) is 0 Å². The minimum absolute atomic E-state index is 0.0531. The van der Waals surface area contributed by atoms with E-state index in [0.29, 0.717) is 13.2 Å². The first-order valence-corrected chi connectivity index (χ1v) is 5.81. The SMILES string of the molecule is NCC(COc1cccnc1)c1cccc(O)c1. The maximum Gasteiger partial charge on any atom is 0.137 e. The molecule has 1 aromatic heterocycles. The lowest BCUT2D eigenvalue weighted by Crippen LogP contribution is -2.19. The van der Waals surface area contributed by atoms with E-state index < -0.39 is 0 Å². The Kier molecular flexibility index (Phi) is 4.15. The molecule has 94 valence electrons. The van der Waals surface area contributed by atoms with Crippen molar-refractivity contribution in [1.82, 2.24) is 4.98 Å². The van der Waals surface area contributed by atoms with Gasteiger partial charge in [-0.1, -0.05) is 12.1 Å². The predicted molar refractivity (Wildman–Crippen MR) is 69.6 cm³/mol. The van der Waals surface area contributed by atoms with Crippen LogP contribution in [0.1, 0.15) is 11.5 Å². The third-order valence-electron chi connectivity index (χ3n) is 2.71. The molecule has 0 aliphatic carbocycles. The summed E-state index contributed by atoms with van der Waals surface area (Å²) in [6, 6.07) is 10.8. The molecule has 1 atom stereocenters. The Balaban J connectivity index is 2.02. The number of benzene rings is 1. The third-order valence-corrected chi connectivity index (χ3v) is 2.71. The summed E-state index contributed by atoms with van der Waals surface area (Å²) >= 11 is 0. The average molecular weight is 244 g/mol. The van der Waals surface area contributed by atoms with Crippen LogP contribution < -0.4 is 10.5 Å². The second-order valence-corrected chi connectivity index (χ2v) is 4.03. The van der Waals surface area contributed by atoms with E-state index in [-0.39, 0.29) is 11.7 Å². The first-order chi connectivity index (χ1) is 8.79. The molecule has 2 aromatic rings. The van der Waals surface area contributed by atoms with E-state index in [1.165, 1.54) is 0 Å². The Hall–Kier alpha value is -2.07. The number of nitrogens with zero attached hydrogens (tertiary/aromatic N) is 1. The van der Waals surface area contributed by atoms with Gasteiger partial charge < -0.3 is 15.6 Å². The molecule has 0 radical (unpaired) electrons. The molecule has 1 heterocycles. The molecule has 0 saturated heterocycles. The summed E-state index contributed by atoms with van der Waals surface area (Å²) in [5, 5.41) is 9.45. The summed E-state index contributed by atoms with van der Waals surface area (Å²) in [6.07, 6.45) is 3.36. The lowest BCUT2D eigenvalue weighted by molar-refractivity contribution is 0.289. The smallest absolute Gasteiger partial charge is 0.137 e. The van der Waals surface area contributed by atoms with Gasteiger partial charge in [-0.25, -0.2) is 0 Å². The zero-order valence-corrected chi connectivity index (χ0v) is 9.99. The Morgan fingerprint density at radius 1 is 1.28 bits per heavy atom. The molecule has 4 heteroatoms. The minimum Gasteiger partial charge on any atom is -0.508 e. The molecule has 0 saturated carbocycles. The van der Waals surface area contributed by atoms with Crippen LogP contribution in [-0.2, 0) is 0 Å². The standard InChI is InChI=1S/C14H16N2O2/c15-8-12(11-3-1-4-13(17)7-11)10-18-14-5-2-6-16-9-14/h1-7,9,12,17H,8,10,15H2. The molecule has 2 rings (SSSR count). The largest absolute Gasteiger partial charge is 0.508 e.